The number of rotatable bonds is 6. The van der Waals surface area contributed by atoms with Gasteiger partial charge in [-0.3, -0.25) is 9.59 Å². The maximum absolute atomic E-state index is 13.8. The van der Waals surface area contributed by atoms with Gasteiger partial charge in [0.15, 0.2) is 0 Å². The molecule has 1 unspecified atom stereocenters. The number of hydrogen-bond acceptors (Lipinski definition) is 3. The summed E-state index contributed by atoms with van der Waals surface area (Å²) in [5, 5.41) is 2.62. The number of fused-ring (bicyclic) bond motifs is 1. The first-order chi connectivity index (χ1) is 13.0. The van der Waals surface area contributed by atoms with Crippen LogP contribution in [-0.2, 0) is 27.3 Å². The summed E-state index contributed by atoms with van der Waals surface area (Å²) in [5.74, 6) is -1.81. The summed E-state index contributed by atoms with van der Waals surface area (Å²) in [7, 11) is 1.52. The topological polar surface area (TPSA) is 58.6 Å². The first kappa shape index (κ1) is 19.0. The predicted molar refractivity (Wildman–Crippen MR) is 94.7 cm³/mol. The minimum absolute atomic E-state index is 0.0437. The summed E-state index contributed by atoms with van der Waals surface area (Å²) >= 11 is 0. The number of halogens is 2. The van der Waals surface area contributed by atoms with E-state index in [1.54, 1.807) is 12.1 Å². The average molecular weight is 374 g/mol. The molecule has 2 aromatic carbocycles. The van der Waals surface area contributed by atoms with E-state index in [9.17, 15) is 18.4 Å². The second-order valence-corrected chi connectivity index (χ2v) is 6.31. The molecule has 0 fully saturated rings. The quantitative estimate of drug-likeness (QED) is 0.845. The molecule has 2 amide bonds. The molecule has 2 aromatic rings. The molecule has 1 aliphatic heterocycles. The van der Waals surface area contributed by atoms with Gasteiger partial charge < -0.3 is 15.0 Å². The Balaban J connectivity index is 1.84. The fourth-order valence-electron chi connectivity index (χ4n) is 3.22. The third kappa shape index (κ3) is 4.14. The maximum atomic E-state index is 13.8. The number of methoxy groups -OCH3 is 1. The van der Waals surface area contributed by atoms with E-state index >= 15 is 0 Å². The van der Waals surface area contributed by atoms with Crippen LogP contribution in [0.2, 0.25) is 0 Å². The lowest BCUT2D eigenvalue weighted by atomic mass is 9.91. The van der Waals surface area contributed by atoms with Crippen molar-refractivity contribution < 1.29 is 23.1 Å². The summed E-state index contributed by atoms with van der Waals surface area (Å²) in [6.07, 6.45) is 0.211. The molecule has 1 aliphatic rings. The van der Waals surface area contributed by atoms with Crippen molar-refractivity contribution in [2.45, 2.75) is 19.0 Å². The minimum atomic E-state index is -0.839. The van der Waals surface area contributed by atoms with Crippen LogP contribution < -0.4 is 5.32 Å². The summed E-state index contributed by atoms with van der Waals surface area (Å²) in [6, 6.07) is 9.46. The van der Waals surface area contributed by atoms with Gasteiger partial charge in [0.1, 0.15) is 17.7 Å². The number of nitrogens with zero attached hydrogens (tertiary/aromatic N) is 1. The van der Waals surface area contributed by atoms with Crippen LogP contribution in [0.15, 0.2) is 42.5 Å². The van der Waals surface area contributed by atoms with E-state index in [-0.39, 0.29) is 37.6 Å². The Bertz CT molecular complexity index is 857. The van der Waals surface area contributed by atoms with Gasteiger partial charge in [-0.1, -0.05) is 24.3 Å². The van der Waals surface area contributed by atoms with Crippen LogP contribution in [0.5, 0.6) is 0 Å². The summed E-state index contributed by atoms with van der Waals surface area (Å²) in [4.78, 5) is 26.9. The molecule has 27 heavy (non-hydrogen) atoms. The van der Waals surface area contributed by atoms with Crippen molar-refractivity contribution in [3.05, 3.63) is 70.8 Å². The van der Waals surface area contributed by atoms with Crippen LogP contribution >= 0.6 is 0 Å². The number of amides is 2. The number of nitrogens with one attached hydrogen (secondary N) is 1. The van der Waals surface area contributed by atoms with Crippen molar-refractivity contribution in [2.24, 2.45) is 0 Å². The summed E-state index contributed by atoms with van der Waals surface area (Å²) < 4.78 is 32.2. The van der Waals surface area contributed by atoms with E-state index in [0.717, 1.165) is 29.3 Å². The van der Waals surface area contributed by atoms with E-state index < -0.39 is 23.6 Å². The van der Waals surface area contributed by atoms with E-state index in [4.69, 9.17) is 4.74 Å². The highest BCUT2D eigenvalue weighted by Crippen LogP contribution is 2.30. The van der Waals surface area contributed by atoms with Gasteiger partial charge >= 0.3 is 0 Å². The summed E-state index contributed by atoms with van der Waals surface area (Å²) in [5.41, 5.74) is 1.56. The highest BCUT2D eigenvalue weighted by molar-refractivity contribution is 5.92. The molecule has 0 aliphatic carbocycles. The fourth-order valence-corrected chi connectivity index (χ4v) is 3.22. The smallest absolute Gasteiger partial charge is 0.247 e. The first-order valence-electron chi connectivity index (χ1n) is 8.59. The van der Waals surface area contributed by atoms with Crippen molar-refractivity contribution in [3.8, 4) is 0 Å². The van der Waals surface area contributed by atoms with Crippen molar-refractivity contribution in [3.63, 3.8) is 0 Å². The highest BCUT2D eigenvalue weighted by Gasteiger charge is 2.36. The van der Waals surface area contributed by atoms with Gasteiger partial charge in [-0.25, -0.2) is 8.78 Å². The Morgan fingerprint density at radius 1 is 1.26 bits per heavy atom. The van der Waals surface area contributed by atoms with Crippen molar-refractivity contribution in [1.82, 2.24) is 10.2 Å². The lowest BCUT2D eigenvalue weighted by Gasteiger charge is -2.36. The van der Waals surface area contributed by atoms with Gasteiger partial charge in [0.05, 0.1) is 13.0 Å². The minimum Gasteiger partial charge on any atom is -0.383 e. The molecule has 0 saturated heterocycles. The highest BCUT2D eigenvalue weighted by atomic mass is 19.1. The summed E-state index contributed by atoms with van der Waals surface area (Å²) in [6.45, 7) is 0.375. The number of carbonyl (C=O) groups excluding carboxylic acids is 2. The Morgan fingerprint density at radius 2 is 2.04 bits per heavy atom. The number of carbonyl (C=O) groups is 2. The van der Waals surface area contributed by atoms with Crippen LogP contribution in [0.25, 0.3) is 0 Å². The largest absolute Gasteiger partial charge is 0.383 e. The molecule has 0 saturated carbocycles. The molecule has 1 atom stereocenters. The van der Waals surface area contributed by atoms with Gasteiger partial charge in [0.25, 0.3) is 0 Å². The molecule has 1 N–H and O–H groups in total. The number of ether oxygens (including phenoxy) is 1. The molecular formula is C20H20F2N2O3. The van der Waals surface area contributed by atoms with E-state index in [2.05, 4.69) is 5.32 Å². The van der Waals surface area contributed by atoms with Crippen LogP contribution in [0.3, 0.4) is 0 Å². The maximum Gasteiger partial charge on any atom is 0.247 e. The molecule has 0 radical (unpaired) electrons. The molecule has 5 nitrogen and oxygen atoms in total. The molecule has 7 heteroatoms. The monoisotopic (exact) mass is 374 g/mol. The Kier molecular flexibility index (Phi) is 5.81. The van der Waals surface area contributed by atoms with Gasteiger partial charge in [0.2, 0.25) is 11.8 Å². The van der Waals surface area contributed by atoms with Crippen LogP contribution in [0.1, 0.15) is 22.7 Å². The Labute approximate surface area is 155 Å². The van der Waals surface area contributed by atoms with Crippen molar-refractivity contribution in [1.29, 1.82) is 0 Å². The van der Waals surface area contributed by atoms with E-state index in [1.165, 1.54) is 12.0 Å². The third-order valence-electron chi connectivity index (χ3n) is 4.57. The van der Waals surface area contributed by atoms with Gasteiger partial charge in [0, 0.05) is 25.8 Å². The van der Waals surface area contributed by atoms with Crippen LogP contribution in [0, 0.1) is 11.6 Å². The molecule has 142 valence electrons. The van der Waals surface area contributed by atoms with Gasteiger partial charge in [-0.15, -0.1) is 0 Å². The zero-order valence-electron chi connectivity index (χ0n) is 14.9. The second kappa shape index (κ2) is 8.26. The molecule has 0 spiro atoms. The standard InChI is InChI=1S/C20H20F2N2O3/c1-27-9-8-24-18(25)11-13-4-2-3-5-16(13)19(24)20(26)23-12-14-10-15(21)6-7-17(14)22/h2-7,10,19H,8-9,11-12H2,1H3,(H,23,26). The third-order valence-corrected chi connectivity index (χ3v) is 4.57. The first-order valence-corrected chi connectivity index (χ1v) is 8.59. The zero-order chi connectivity index (χ0) is 19.4. The molecule has 0 bridgehead atoms. The van der Waals surface area contributed by atoms with E-state index in [1.807, 2.05) is 12.1 Å². The lowest BCUT2D eigenvalue weighted by molar-refractivity contribution is -0.142. The Hall–Kier alpha value is -2.80. The molecule has 0 aromatic heterocycles. The molecule has 1 heterocycles. The van der Waals surface area contributed by atoms with Gasteiger partial charge in [-0.05, 0) is 29.3 Å². The van der Waals surface area contributed by atoms with E-state index in [0.29, 0.717) is 0 Å². The molecular weight excluding hydrogens is 354 g/mol. The van der Waals surface area contributed by atoms with Crippen LogP contribution in [0.4, 0.5) is 8.78 Å². The van der Waals surface area contributed by atoms with Gasteiger partial charge in [-0.2, -0.15) is 0 Å². The van der Waals surface area contributed by atoms with Crippen LogP contribution in [-0.4, -0.2) is 37.0 Å². The number of hydrogen-bond donors (Lipinski definition) is 1. The predicted octanol–water partition coefficient (Wildman–Crippen LogP) is 2.35. The second-order valence-electron chi connectivity index (χ2n) is 6.31. The molecule has 3 rings (SSSR count). The Morgan fingerprint density at radius 3 is 2.81 bits per heavy atom. The lowest BCUT2D eigenvalue weighted by Crippen LogP contribution is -2.48. The fraction of sp³-hybridized carbons (Fsp3) is 0.300. The number of benzene rings is 2. The average Bonchev–Trinajstić information content (AvgIpc) is 2.66. The SMILES string of the molecule is COCCN1C(=O)Cc2ccccc2C1C(=O)NCc1cc(F)ccc1F. The van der Waals surface area contributed by atoms with Crippen molar-refractivity contribution in [2.75, 3.05) is 20.3 Å². The normalized spacial score (nSPS) is 16.2. The van der Waals surface area contributed by atoms with Crippen molar-refractivity contribution >= 4 is 11.8 Å². The zero-order valence-corrected chi connectivity index (χ0v) is 14.9.